The zero-order valence-corrected chi connectivity index (χ0v) is 10.1. The molecule has 2 nitrogen and oxygen atoms in total. The zero-order valence-electron chi connectivity index (χ0n) is 10.1. The molecule has 1 aromatic carbocycles. The molecular formula is C13H18F3NO. The summed E-state index contributed by atoms with van der Waals surface area (Å²) in [4.78, 5) is 0. The van der Waals surface area contributed by atoms with Crippen molar-refractivity contribution in [2.45, 2.75) is 31.5 Å². The number of aliphatic hydroxyl groups excluding tert-OH is 1. The maximum absolute atomic E-state index is 11.9. The van der Waals surface area contributed by atoms with E-state index in [1.165, 1.54) is 0 Å². The number of halogens is 3. The van der Waals surface area contributed by atoms with Gasteiger partial charge in [0.2, 0.25) is 0 Å². The molecule has 0 fully saturated rings. The van der Waals surface area contributed by atoms with E-state index in [4.69, 9.17) is 0 Å². The van der Waals surface area contributed by atoms with Crippen LogP contribution in [0.4, 0.5) is 13.2 Å². The summed E-state index contributed by atoms with van der Waals surface area (Å²) in [6.45, 7) is 0.843. The molecule has 0 aliphatic heterocycles. The molecule has 0 amide bonds. The summed E-state index contributed by atoms with van der Waals surface area (Å²) in [5.41, 5.74) is 0.806. The first kappa shape index (κ1) is 15.0. The van der Waals surface area contributed by atoms with E-state index in [9.17, 15) is 18.3 Å². The van der Waals surface area contributed by atoms with Crippen LogP contribution in [-0.2, 0) is 0 Å². The van der Waals surface area contributed by atoms with E-state index in [2.05, 4.69) is 5.32 Å². The Morgan fingerprint density at radius 3 is 2.39 bits per heavy atom. The second-order valence-corrected chi connectivity index (χ2v) is 4.20. The summed E-state index contributed by atoms with van der Waals surface area (Å²) in [6.07, 6.45) is -4.84. The molecule has 1 atom stereocenters. The number of benzene rings is 1. The Morgan fingerprint density at radius 2 is 1.78 bits per heavy atom. The molecule has 102 valence electrons. The van der Waals surface area contributed by atoms with Crippen molar-refractivity contribution in [1.82, 2.24) is 5.32 Å². The van der Waals surface area contributed by atoms with E-state index in [0.29, 0.717) is 19.5 Å². The van der Waals surface area contributed by atoms with Gasteiger partial charge in [0.15, 0.2) is 0 Å². The molecule has 0 bridgehead atoms. The summed E-state index contributed by atoms with van der Waals surface area (Å²) < 4.78 is 35.6. The third-order valence-electron chi connectivity index (χ3n) is 2.59. The molecule has 0 saturated heterocycles. The van der Waals surface area contributed by atoms with Crippen LogP contribution in [-0.4, -0.2) is 24.4 Å². The molecule has 1 rings (SSSR count). The topological polar surface area (TPSA) is 32.3 Å². The third-order valence-corrected chi connectivity index (χ3v) is 2.59. The molecule has 0 heterocycles. The SMILES string of the molecule is OC(CNCCCCC(F)(F)F)c1ccccc1. The monoisotopic (exact) mass is 261 g/mol. The quantitative estimate of drug-likeness (QED) is 0.739. The minimum absolute atomic E-state index is 0.123. The van der Waals surface area contributed by atoms with Gasteiger partial charge in [0.05, 0.1) is 6.10 Å². The van der Waals surface area contributed by atoms with Gasteiger partial charge in [-0.3, -0.25) is 0 Å². The molecule has 0 aliphatic carbocycles. The smallest absolute Gasteiger partial charge is 0.387 e. The van der Waals surface area contributed by atoms with Gasteiger partial charge in [0.1, 0.15) is 0 Å². The van der Waals surface area contributed by atoms with Gasteiger partial charge in [0.25, 0.3) is 0 Å². The summed E-state index contributed by atoms with van der Waals surface area (Å²) in [5.74, 6) is 0. The van der Waals surface area contributed by atoms with E-state index in [1.807, 2.05) is 30.3 Å². The Hall–Kier alpha value is -1.07. The summed E-state index contributed by atoms with van der Waals surface area (Å²) in [5, 5.41) is 12.7. The molecule has 5 heteroatoms. The zero-order chi connectivity index (χ0) is 13.4. The van der Waals surface area contributed by atoms with Gasteiger partial charge in [-0.25, -0.2) is 0 Å². The lowest BCUT2D eigenvalue weighted by molar-refractivity contribution is -0.135. The summed E-state index contributed by atoms with van der Waals surface area (Å²) in [7, 11) is 0. The van der Waals surface area contributed by atoms with Crippen LogP contribution in [0.25, 0.3) is 0 Å². The molecule has 1 unspecified atom stereocenters. The number of hydrogen-bond donors (Lipinski definition) is 2. The average molecular weight is 261 g/mol. The van der Waals surface area contributed by atoms with Crippen LogP contribution in [0.15, 0.2) is 30.3 Å². The van der Waals surface area contributed by atoms with Crippen LogP contribution < -0.4 is 5.32 Å². The van der Waals surface area contributed by atoms with Crippen molar-refractivity contribution in [1.29, 1.82) is 0 Å². The molecule has 18 heavy (non-hydrogen) atoms. The maximum Gasteiger partial charge on any atom is 0.389 e. The highest BCUT2D eigenvalue weighted by atomic mass is 19.4. The van der Waals surface area contributed by atoms with Crippen molar-refractivity contribution >= 4 is 0 Å². The molecule has 0 radical (unpaired) electrons. The van der Waals surface area contributed by atoms with Gasteiger partial charge in [-0.1, -0.05) is 30.3 Å². The lowest BCUT2D eigenvalue weighted by Crippen LogP contribution is -2.22. The minimum atomic E-state index is -4.07. The van der Waals surface area contributed by atoms with Crippen LogP contribution in [0.2, 0.25) is 0 Å². The molecule has 1 aromatic rings. The lowest BCUT2D eigenvalue weighted by Gasteiger charge is -2.12. The Bertz CT molecular complexity index is 327. The van der Waals surface area contributed by atoms with Gasteiger partial charge in [-0.15, -0.1) is 0 Å². The number of rotatable bonds is 7. The predicted molar refractivity (Wildman–Crippen MR) is 64.2 cm³/mol. The average Bonchev–Trinajstić information content (AvgIpc) is 2.33. The number of unbranched alkanes of at least 4 members (excludes halogenated alkanes) is 1. The highest BCUT2D eigenvalue weighted by Crippen LogP contribution is 2.21. The molecule has 0 saturated carbocycles. The standard InChI is InChI=1S/C13H18F3NO/c14-13(15,16)8-4-5-9-17-10-12(18)11-6-2-1-3-7-11/h1-3,6-7,12,17-18H,4-5,8-10H2. The third kappa shape index (κ3) is 6.61. The second-order valence-electron chi connectivity index (χ2n) is 4.20. The van der Waals surface area contributed by atoms with Crippen LogP contribution in [0.3, 0.4) is 0 Å². The van der Waals surface area contributed by atoms with Crippen molar-refractivity contribution < 1.29 is 18.3 Å². The van der Waals surface area contributed by atoms with E-state index < -0.39 is 18.7 Å². The van der Waals surface area contributed by atoms with Crippen LogP contribution >= 0.6 is 0 Å². The summed E-state index contributed by atoms with van der Waals surface area (Å²) >= 11 is 0. The summed E-state index contributed by atoms with van der Waals surface area (Å²) in [6, 6.07) is 9.16. The van der Waals surface area contributed by atoms with Gasteiger partial charge < -0.3 is 10.4 Å². The van der Waals surface area contributed by atoms with Crippen molar-refractivity contribution in [2.75, 3.05) is 13.1 Å². The molecule has 0 aliphatic rings. The van der Waals surface area contributed by atoms with Crippen LogP contribution in [0.1, 0.15) is 30.9 Å². The maximum atomic E-state index is 11.9. The lowest BCUT2D eigenvalue weighted by atomic mass is 10.1. The minimum Gasteiger partial charge on any atom is -0.387 e. The van der Waals surface area contributed by atoms with Crippen molar-refractivity contribution in [2.24, 2.45) is 0 Å². The Kier molecular flexibility index (Phi) is 6.15. The van der Waals surface area contributed by atoms with E-state index in [1.54, 1.807) is 0 Å². The first-order valence-electron chi connectivity index (χ1n) is 5.99. The van der Waals surface area contributed by atoms with E-state index >= 15 is 0 Å². The van der Waals surface area contributed by atoms with Crippen molar-refractivity contribution in [3.8, 4) is 0 Å². The number of aliphatic hydroxyl groups is 1. The fraction of sp³-hybridized carbons (Fsp3) is 0.538. The van der Waals surface area contributed by atoms with Crippen LogP contribution in [0.5, 0.6) is 0 Å². The van der Waals surface area contributed by atoms with Crippen LogP contribution in [0, 0.1) is 0 Å². The van der Waals surface area contributed by atoms with Gasteiger partial charge >= 0.3 is 6.18 Å². The molecule has 0 aromatic heterocycles. The largest absolute Gasteiger partial charge is 0.389 e. The van der Waals surface area contributed by atoms with E-state index in [-0.39, 0.29) is 6.42 Å². The van der Waals surface area contributed by atoms with Crippen molar-refractivity contribution in [3.63, 3.8) is 0 Å². The Morgan fingerprint density at radius 1 is 1.11 bits per heavy atom. The number of hydrogen-bond acceptors (Lipinski definition) is 2. The first-order valence-corrected chi connectivity index (χ1v) is 5.99. The normalized spacial score (nSPS) is 13.6. The second kappa shape index (κ2) is 7.38. The van der Waals surface area contributed by atoms with E-state index in [0.717, 1.165) is 5.56 Å². The Balaban J connectivity index is 2.08. The fourth-order valence-electron chi connectivity index (χ4n) is 1.61. The number of alkyl halides is 3. The van der Waals surface area contributed by atoms with Gasteiger partial charge in [-0.2, -0.15) is 13.2 Å². The molecular weight excluding hydrogens is 243 g/mol. The van der Waals surface area contributed by atoms with Gasteiger partial charge in [0, 0.05) is 13.0 Å². The van der Waals surface area contributed by atoms with Crippen molar-refractivity contribution in [3.05, 3.63) is 35.9 Å². The highest BCUT2D eigenvalue weighted by molar-refractivity contribution is 5.17. The molecule has 2 N–H and O–H groups in total. The van der Waals surface area contributed by atoms with Gasteiger partial charge in [-0.05, 0) is 24.9 Å². The fourth-order valence-corrected chi connectivity index (χ4v) is 1.61. The first-order chi connectivity index (χ1) is 8.49. The molecule has 0 spiro atoms. The Labute approximate surface area is 105 Å². The highest BCUT2D eigenvalue weighted by Gasteiger charge is 2.25. The predicted octanol–water partition coefficient (Wildman–Crippen LogP) is 3.04. The number of nitrogens with one attached hydrogen (secondary N) is 1.